The van der Waals surface area contributed by atoms with Crippen molar-refractivity contribution in [2.45, 2.75) is 58.9 Å². The molecule has 13 heavy (non-hydrogen) atoms. The molecule has 0 saturated carbocycles. The first-order valence-corrected chi connectivity index (χ1v) is 5.83. The lowest BCUT2D eigenvalue weighted by Crippen LogP contribution is -2.37. The summed E-state index contributed by atoms with van der Waals surface area (Å²) >= 11 is 0. The van der Waals surface area contributed by atoms with Gasteiger partial charge < -0.3 is 5.32 Å². The molecule has 0 aliphatic carbocycles. The summed E-state index contributed by atoms with van der Waals surface area (Å²) in [5, 5.41) is 3.62. The first kappa shape index (κ1) is 11.0. The molecule has 0 bridgehead atoms. The lowest BCUT2D eigenvalue weighted by atomic mass is 9.82. The Kier molecular flexibility index (Phi) is 3.78. The highest BCUT2D eigenvalue weighted by atomic mass is 15.0. The molecular weight excluding hydrogens is 158 g/mol. The smallest absolute Gasteiger partial charge is 0.0153 e. The molecule has 1 heteroatoms. The van der Waals surface area contributed by atoms with Crippen LogP contribution in [0.2, 0.25) is 0 Å². The standard InChI is InChI=1S/C12H25N/c1-5-6-7-8-11-9-13-12(3,4)10(11)2/h10-11,13H,5-9H2,1-4H3/t10-,11?/m1/s1. The topological polar surface area (TPSA) is 12.0 Å². The van der Waals surface area contributed by atoms with Crippen molar-refractivity contribution in [2.75, 3.05) is 6.54 Å². The predicted molar refractivity (Wildman–Crippen MR) is 58.9 cm³/mol. The SMILES string of the molecule is CCCCCC1CNC(C)(C)[C@@H]1C. The average Bonchev–Trinajstić information content (AvgIpc) is 2.32. The van der Waals surface area contributed by atoms with Gasteiger partial charge in [-0.25, -0.2) is 0 Å². The second-order valence-corrected chi connectivity index (χ2v) is 5.15. The maximum atomic E-state index is 3.62. The van der Waals surface area contributed by atoms with Crippen LogP contribution in [0.3, 0.4) is 0 Å². The van der Waals surface area contributed by atoms with Crippen molar-refractivity contribution in [2.24, 2.45) is 11.8 Å². The van der Waals surface area contributed by atoms with Crippen LogP contribution in [-0.2, 0) is 0 Å². The summed E-state index contributed by atoms with van der Waals surface area (Å²) in [4.78, 5) is 0. The van der Waals surface area contributed by atoms with Crippen LogP contribution in [0.4, 0.5) is 0 Å². The molecule has 78 valence electrons. The Morgan fingerprint density at radius 3 is 2.46 bits per heavy atom. The van der Waals surface area contributed by atoms with E-state index in [1.54, 1.807) is 0 Å². The third-order valence-corrected chi connectivity index (χ3v) is 3.84. The maximum Gasteiger partial charge on any atom is 0.0153 e. The zero-order valence-corrected chi connectivity index (χ0v) is 9.69. The van der Waals surface area contributed by atoms with Gasteiger partial charge in [0.15, 0.2) is 0 Å². The van der Waals surface area contributed by atoms with E-state index >= 15 is 0 Å². The minimum atomic E-state index is 0.372. The molecule has 2 atom stereocenters. The third kappa shape index (κ3) is 2.70. The predicted octanol–water partition coefficient (Wildman–Crippen LogP) is 3.20. The fraction of sp³-hybridized carbons (Fsp3) is 1.00. The number of nitrogens with one attached hydrogen (secondary N) is 1. The number of rotatable bonds is 4. The Morgan fingerprint density at radius 2 is 2.00 bits per heavy atom. The van der Waals surface area contributed by atoms with Gasteiger partial charge in [0.05, 0.1) is 0 Å². The molecule has 1 aliphatic heterocycles. The highest BCUT2D eigenvalue weighted by Gasteiger charge is 2.37. The van der Waals surface area contributed by atoms with Crippen LogP contribution in [0.5, 0.6) is 0 Å². The van der Waals surface area contributed by atoms with Gasteiger partial charge in [-0.2, -0.15) is 0 Å². The lowest BCUT2D eigenvalue weighted by molar-refractivity contribution is 0.297. The van der Waals surface area contributed by atoms with Gasteiger partial charge in [-0.3, -0.25) is 0 Å². The van der Waals surface area contributed by atoms with E-state index in [-0.39, 0.29) is 0 Å². The molecule has 1 heterocycles. The first-order valence-electron chi connectivity index (χ1n) is 5.83. The highest BCUT2D eigenvalue weighted by Crippen LogP contribution is 2.33. The molecule has 1 aliphatic rings. The normalized spacial score (nSPS) is 32.3. The number of unbranched alkanes of at least 4 members (excludes halogenated alkanes) is 2. The van der Waals surface area contributed by atoms with Gasteiger partial charge in [-0.05, 0) is 38.6 Å². The van der Waals surface area contributed by atoms with Gasteiger partial charge >= 0.3 is 0 Å². The molecular formula is C12H25N. The summed E-state index contributed by atoms with van der Waals surface area (Å²) in [5.41, 5.74) is 0.372. The summed E-state index contributed by atoms with van der Waals surface area (Å²) in [6.45, 7) is 10.6. The fourth-order valence-electron chi connectivity index (χ4n) is 2.33. The van der Waals surface area contributed by atoms with Crippen LogP contribution in [0.15, 0.2) is 0 Å². The maximum absolute atomic E-state index is 3.62. The van der Waals surface area contributed by atoms with E-state index in [4.69, 9.17) is 0 Å². The second kappa shape index (κ2) is 4.45. The van der Waals surface area contributed by atoms with E-state index in [0.29, 0.717) is 5.54 Å². The number of hydrogen-bond acceptors (Lipinski definition) is 1. The lowest BCUT2D eigenvalue weighted by Gasteiger charge is -2.26. The van der Waals surface area contributed by atoms with Crippen LogP contribution in [0, 0.1) is 11.8 Å². The molecule has 1 fully saturated rings. The van der Waals surface area contributed by atoms with Gasteiger partial charge in [0.2, 0.25) is 0 Å². The molecule has 0 spiro atoms. The largest absolute Gasteiger partial charge is 0.311 e. The van der Waals surface area contributed by atoms with Gasteiger partial charge in [-0.15, -0.1) is 0 Å². The first-order chi connectivity index (χ1) is 6.08. The van der Waals surface area contributed by atoms with E-state index in [1.807, 2.05) is 0 Å². The van der Waals surface area contributed by atoms with Crippen LogP contribution in [0.25, 0.3) is 0 Å². The van der Waals surface area contributed by atoms with E-state index in [2.05, 4.69) is 33.0 Å². The molecule has 1 rings (SSSR count). The van der Waals surface area contributed by atoms with Gasteiger partial charge in [-0.1, -0.05) is 33.1 Å². The summed E-state index contributed by atoms with van der Waals surface area (Å²) in [6.07, 6.45) is 5.59. The van der Waals surface area contributed by atoms with Crippen LogP contribution in [0.1, 0.15) is 53.4 Å². The van der Waals surface area contributed by atoms with E-state index in [9.17, 15) is 0 Å². The zero-order chi connectivity index (χ0) is 9.90. The highest BCUT2D eigenvalue weighted by molar-refractivity contribution is 4.94. The molecule has 1 unspecified atom stereocenters. The minimum absolute atomic E-state index is 0.372. The Labute approximate surface area is 83.3 Å². The van der Waals surface area contributed by atoms with E-state index in [0.717, 1.165) is 11.8 Å². The molecule has 1 saturated heterocycles. The summed E-state index contributed by atoms with van der Waals surface area (Å²) in [7, 11) is 0. The summed E-state index contributed by atoms with van der Waals surface area (Å²) < 4.78 is 0. The van der Waals surface area contributed by atoms with Crippen LogP contribution >= 0.6 is 0 Å². The molecule has 0 aromatic carbocycles. The van der Waals surface area contributed by atoms with Crippen molar-refractivity contribution in [3.63, 3.8) is 0 Å². The number of hydrogen-bond donors (Lipinski definition) is 1. The molecule has 1 N–H and O–H groups in total. The van der Waals surface area contributed by atoms with Gasteiger partial charge in [0, 0.05) is 5.54 Å². The van der Waals surface area contributed by atoms with E-state index < -0.39 is 0 Å². The minimum Gasteiger partial charge on any atom is -0.311 e. The molecule has 0 aromatic rings. The fourth-order valence-corrected chi connectivity index (χ4v) is 2.33. The van der Waals surface area contributed by atoms with Crippen LogP contribution in [-0.4, -0.2) is 12.1 Å². The second-order valence-electron chi connectivity index (χ2n) is 5.15. The Balaban J connectivity index is 2.29. The zero-order valence-electron chi connectivity index (χ0n) is 9.69. The monoisotopic (exact) mass is 183 g/mol. The van der Waals surface area contributed by atoms with Gasteiger partial charge in [0.25, 0.3) is 0 Å². The van der Waals surface area contributed by atoms with Crippen molar-refractivity contribution >= 4 is 0 Å². The van der Waals surface area contributed by atoms with Crippen molar-refractivity contribution in [1.82, 2.24) is 5.32 Å². The Morgan fingerprint density at radius 1 is 1.31 bits per heavy atom. The average molecular weight is 183 g/mol. The molecule has 0 radical (unpaired) electrons. The van der Waals surface area contributed by atoms with Crippen molar-refractivity contribution in [3.05, 3.63) is 0 Å². The quantitative estimate of drug-likeness (QED) is 0.660. The van der Waals surface area contributed by atoms with Gasteiger partial charge in [0.1, 0.15) is 0 Å². The molecule has 0 amide bonds. The Bertz CT molecular complexity index is 151. The van der Waals surface area contributed by atoms with Crippen molar-refractivity contribution < 1.29 is 0 Å². The van der Waals surface area contributed by atoms with Crippen LogP contribution < -0.4 is 5.32 Å². The van der Waals surface area contributed by atoms with Crippen molar-refractivity contribution in [3.8, 4) is 0 Å². The Hall–Kier alpha value is -0.0400. The molecule has 1 nitrogen and oxygen atoms in total. The summed E-state index contributed by atoms with van der Waals surface area (Å²) in [6, 6.07) is 0. The van der Waals surface area contributed by atoms with E-state index in [1.165, 1.54) is 32.2 Å². The summed E-state index contributed by atoms with van der Waals surface area (Å²) in [5.74, 6) is 1.76. The van der Waals surface area contributed by atoms with Crippen molar-refractivity contribution in [1.29, 1.82) is 0 Å². The molecule has 0 aromatic heterocycles. The third-order valence-electron chi connectivity index (χ3n) is 3.84.